The van der Waals surface area contributed by atoms with E-state index >= 15 is 0 Å². The molecule has 3 rings (SSSR count). The van der Waals surface area contributed by atoms with E-state index in [2.05, 4.69) is 17.1 Å². The molecule has 1 unspecified atom stereocenters. The Morgan fingerprint density at radius 1 is 1.45 bits per heavy atom. The van der Waals surface area contributed by atoms with Gasteiger partial charge in [0.2, 0.25) is 0 Å². The number of likely N-dealkylation sites (tertiary alicyclic amines) is 1. The lowest BCUT2D eigenvalue weighted by atomic mass is 9.96. The monoisotopic (exact) mass is 317 g/mol. The fourth-order valence-corrected chi connectivity index (χ4v) is 3.91. The molecule has 0 saturated carbocycles. The SMILES string of the molecule is CCCC1CCCN(C(=O)c2cc(-c3cccs3)[nH]n2)CC1. The lowest BCUT2D eigenvalue weighted by Gasteiger charge is -2.19. The predicted octanol–water partition coefficient (Wildman–Crippen LogP) is 4.18. The maximum Gasteiger partial charge on any atom is 0.274 e. The number of hydrogen-bond acceptors (Lipinski definition) is 3. The van der Waals surface area contributed by atoms with Crippen LogP contribution in [-0.4, -0.2) is 34.1 Å². The molecule has 1 fully saturated rings. The highest BCUT2D eigenvalue weighted by atomic mass is 32.1. The van der Waals surface area contributed by atoms with E-state index in [1.165, 1.54) is 19.3 Å². The zero-order valence-electron chi connectivity index (χ0n) is 13.0. The minimum Gasteiger partial charge on any atom is -0.337 e. The number of carbonyl (C=O) groups excluding carboxylic acids is 1. The van der Waals surface area contributed by atoms with Gasteiger partial charge in [-0.25, -0.2) is 0 Å². The molecular weight excluding hydrogens is 294 g/mol. The highest BCUT2D eigenvalue weighted by Gasteiger charge is 2.23. The van der Waals surface area contributed by atoms with Gasteiger partial charge in [0.25, 0.3) is 5.91 Å². The average Bonchev–Trinajstić information content (AvgIpc) is 3.16. The molecule has 2 aromatic heterocycles. The van der Waals surface area contributed by atoms with Crippen molar-refractivity contribution in [2.45, 2.75) is 39.0 Å². The van der Waals surface area contributed by atoms with Gasteiger partial charge >= 0.3 is 0 Å². The minimum atomic E-state index is 0.0659. The first-order chi connectivity index (χ1) is 10.8. The van der Waals surface area contributed by atoms with Crippen molar-refractivity contribution in [3.63, 3.8) is 0 Å². The van der Waals surface area contributed by atoms with E-state index in [4.69, 9.17) is 0 Å². The van der Waals surface area contributed by atoms with Crippen LogP contribution < -0.4 is 0 Å². The van der Waals surface area contributed by atoms with E-state index in [1.54, 1.807) is 11.3 Å². The van der Waals surface area contributed by atoms with Crippen molar-refractivity contribution in [2.24, 2.45) is 5.92 Å². The number of rotatable bonds is 4. The average molecular weight is 317 g/mol. The van der Waals surface area contributed by atoms with E-state index in [0.717, 1.165) is 42.4 Å². The van der Waals surface area contributed by atoms with Crippen LogP contribution in [0.3, 0.4) is 0 Å². The van der Waals surface area contributed by atoms with Crippen LogP contribution in [0.2, 0.25) is 0 Å². The van der Waals surface area contributed by atoms with Crippen molar-refractivity contribution in [1.29, 1.82) is 0 Å². The Hall–Kier alpha value is -1.62. The van der Waals surface area contributed by atoms with Crippen LogP contribution in [0.25, 0.3) is 10.6 Å². The molecule has 1 N–H and O–H groups in total. The smallest absolute Gasteiger partial charge is 0.274 e. The molecular formula is C17H23N3OS. The summed E-state index contributed by atoms with van der Waals surface area (Å²) in [6.07, 6.45) is 6.01. The van der Waals surface area contributed by atoms with Crippen molar-refractivity contribution in [3.05, 3.63) is 29.3 Å². The van der Waals surface area contributed by atoms with Crippen LogP contribution in [0.5, 0.6) is 0 Å². The summed E-state index contributed by atoms with van der Waals surface area (Å²) in [5.41, 5.74) is 1.47. The summed E-state index contributed by atoms with van der Waals surface area (Å²) in [4.78, 5) is 15.7. The Morgan fingerprint density at radius 3 is 3.14 bits per heavy atom. The normalized spacial score (nSPS) is 19.1. The number of amides is 1. The first kappa shape index (κ1) is 15.3. The molecule has 1 atom stereocenters. The number of carbonyl (C=O) groups is 1. The molecule has 0 aliphatic carbocycles. The second kappa shape index (κ2) is 7.09. The van der Waals surface area contributed by atoms with Gasteiger partial charge in [0.1, 0.15) is 0 Å². The van der Waals surface area contributed by atoms with Crippen molar-refractivity contribution >= 4 is 17.2 Å². The van der Waals surface area contributed by atoms with Gasteiger partial charge in [0.05, 0.1) is 10.6 Å². The zero-order chi connectivity index (χ0) is 15.4. The molecule has 3 heterocycles. The molecule has 4 nitrogen and oxygen atoms in total. The zero-order valence-corrected chi connectivity index (χ0v) is 13.9. The van der Waals surface area contributed by atoms with E-state index in [9.17, 15) is 4.79 Å². The fraction of sp³-hybridized carbons (Fsp3) is 0.529. The number of aromatic nitrogens is 2. The summed E-state index contributed by atoms with van der Waals surface area (Å²) in [6, 6.07) is 5.92. The summed E-state index contributed by atoms with van der Waals surface area (Å²) in [5.74, 6) is 0.847. The van der Waals surface area contributed by atoms with Crippen LogP contribution in [-0.2, 0) is 0 Å². The van der Waals surface area contributed by atoms with Crippen molar-refractivity contribution < 1.29 is 4.79 Å². The van der Waals surface area contributed by atoms with Crippen molar-refractivity contribution in [3.8, 4) is 10.6 Å². The number of nitrogens with one attached hydrogen (secondary N) is 1. The molecule has 0 aromatic carbocycles. The molecule has 118 valence electrons. The Balaban J connectivity index is 1.66. The van der Waals surface area contributed by atoms with E-state index < -0.39 is 0 Å². The standard InChI is InChI=1S/C17H23N3OS/c1-2-5-13-6-3-9-20(10-8-13)17(21)15-12-14(18-19-15)16-7-4-11-22-16/h4,7,11-13H,2-3,5-6,8-10H2,1H3,(H,18,19). The highest BCUT2D eigenvalue weighted by Crippen LogP contribution is 2.25. The molecule has 2 aromatic rings. The second-order valence-electron chi connectivity index (χ2n) is 6.02. The quantitative estimate of drug-likeness (QED) is 0.919. The van der Waals surface area contributed by atoms with Gasteiger partial charge in [-0.3, -0.25) is 9.89 Å². The van der Waals surface area contributed by atoms with Gasteiger partial charge in [0, 0.05) is 13.1 Å². The maximum atomic E-state index is 12.6. The number of thiophene rings is 1. The second-order valence-corrected chi connectivity index (χ2v) is 6.97. The summed E-state index contributed by atoms with van der Waals surface area (Å²) in [5, 5.41) is 9.24. The summed E-state index contributed by atoms with van der Waals surface area (Å²) < 4.78 is 0. The summed E-state index contributed by atoms with van der Waals surface area (Å²) in [7, 11) is 0. The molecule has 5 heteroatoms. The minimum absolute atomic E-state index is 0.0659. The molecule has 22 heavy (non-hydrogen) atoms. The fourth-order valence-electron chi connectivity index (χ4n) is 3.22. The van der Waals surface area contributed by atoms with Gasteiger partial charge < -0.3 is 4.90 Å². The van der Waals surface area contributed by atoms with Crippen LogP contribution >= 0.6 is 11.3 Å². The van der Waals surface area contributed by atoms with Crippen molar-refractivity contribution in [1.82, 2.24) is 15.1 Å². The Bertz CT molecular complexity index is 605. The van der Waals surface area contributed by atoms with Crippen LogP contribution in [0, 0.1) is 5.92 Å². The molecule has 1 saturated heterocycles. The van der Waals surface area contributed by atoms with E-state index in [-0.39, 0.29) is 5.91 Å². The molecule has 0 spiro atoms. The lowest BCUT2D eigenvalue weighted by Crippen LogP contribution is -2.32. The van der Waals surface area contributed by atoms with Gasteiger partial charge in [-0.05, 0) is 42.7 Å². The Kier molecular flexibility index (Phi) is 4.93. The first-order valence-corrected chi connectivity index (χ1v) is 9.04. The molecule has 1 aliphatic heterocycles. The molecule has 1 amide bonds. The predicted molar refractivity (Wildman–Crippen MR) is 90.1 cm³/mol. The van der Waals surface area contributed by atoms with Crippen molar-refractivity contribution in [2.75, 3.05) is 13.1 Å². The van der Waals surface area contributed by atoms with Gasteiger partial charge in [-0.1, -0.05) is 25.8 Å². The Morgan fingerprint density at radius 2 is 2.36 bits per heavy atom. The van der Waals surface area contributed by atoms with Crippen LogP contribution in [0.4, 0.5) is 0 Å². The van der Waals surface area contributed by atoms with Gasteiger partial charge in [-0.2, -0.15) is 5.10 Å². The number of nitrogens with zero attached hydrogens (tertiary/aromatic N) is 2. The third-order valence-corrected chi connectivity index (χ3v) is 5.32. The molecule has 1 aliphatic rings. The number of aromatic amines is 1. The first-order valence-electron chi connectivity index (χ1n) is 8.16. The largest absolute Gasteiger partial charge is 0.337 e. The maximum absolute atomic E-state index is 12.6. The van der Waals surface area contributed by atoms with E-state index in [0.29, 0.717) is 5.69 Å². The summed E-state index contributed by atoms with van der Waals surface area (Å²) in [6.45, 7) is 3.97. The number of H-pyrrole nitrogens is 1. The van der Waals surface area contributed by atoms with Gasteiger partial charge in [-0.15, -0.1) is 11.3 Å². The highest BCUT2D eigenvalue weighted by molar-refractivity contribution is 7.13. The van der Waals surface area contributed by atoms with Crippen LogP contribution in [0.15, 0.2) is 23.6 Å². The lowest BCUT2D eigenvalue weighted by molar-refractivity contribution is 0.0754. The van der Waals surface area contributed by atoms with Crippen LogP contribution in [0.1, 0.15) is 49.5 Å². The molecule has 0 bridgehead atoms. The van der Waals surface area contributed by atoms with Gasteiger partial charge in [0.15, 0.2) is 5.69 Å². The summed E-state index contributed by atoms with van der Waals surface area (Å²) >= 11 is 1.65. The topological polar surface area (TPSA) is 49.0 Å². The molecule has 0 radical (unpaired) electrons. The third kappa shape index (κ3) is 3.40. The number of hydrogen-bond donors (Lipinski definition) is 1. The van der Waals surface area contributed by atoms with E-state index in [1.807, 2.05) is 28.5 Å². The Labute approximate surface area is 135 Å². The third-order valence-electron chi connectivity index (χ3n) is 4.42.